The maximum atomic E-state index is 12.9. The van der Waals surface area contributed by atoms with Crippen LogP contribution in [0.25, 0.3) is 11.4 Å². The zero-order valence-electron chi connectivity index (χ0n) is 12.7. The third kappa shape index (κ3) is 3.68. The molecule has 6 nitrogen and oxygen atoms in total. The highest BCUT2D eigenvalue weighted by Crippen LogP contribution is 2.45. The van der Waals surface area contributed by atoms with Gasteiger partial charge in [0.05, 0.1) is 11.9 Å². The van der Waals surface area contributed by atoms with Crippen molar-refractivity contribution in [1.29, 1.82) is 0 Å². The number of halogens is 3. The van der Waals surface area contributed by atoms with E-state index in [1.54, 1.807) is 6.92 Å². The van der Waals surface area contributed by atoms with Gasteiger partial charge in [-0.25, -0.2) is 5.09 Å². The summed E-state index contributed by atoms with van der Waals surface area (Å²) >= 11 is 0. The number of benzene rings is 1. The fourth-order valence-corrected chi connectivity index (χ4v) is 4.10. The number of aromatic nitrogens is 2. The molecule has 1 atom stereocenters. The summed E-state index contributed by atoms with van der Waals surface area (Å²) in [4.78, 5) is 3.32. The Labute approximate surface area is 135 Å². The number of nitrogens with zero attached hydrogens (tertiary/aromatic N) is 2. The lowest BCUT2D eigenvalue weighted by atomic mass is 10.2. The van der Waals surface area contributed by atoms with Gasteiger partial charge in [0.1, 0.15) is 0 Å². The van der Waals surface area contributed by atoms with E-state index in [0.29, 0.717) is 10.9 Å². The molecular formula is C14H15F3N3O3P. The standard InChI is InChI=1S/C14H15F3N3O3P/c1-2-22-24(21,20-10-5-6-10)11-7-3-9(4-8-11)12-18-13(23-19-12)14(15,16)17/h3-4,7-8,10H,2,5-6H2,1H3,(H,20,21). The van der Waals surface area contributed by atoms with Gasteiger partial charge in [0, 0.05) is 11.6 Å². The molecule has 2 aromatic rings. The van der Waals surface area contributed by atoms with Crippen molar-refractivity contribution in [3.05, 3.63) is 30.2 Å². The van der Waals surface area contributed by atoms with Crippen LogP contribution in [-0.4, -0.2) is 22.8 Å². The van der Waals surface area contributed by atoms with Gasteiger partial charge in [-0.2, -0.15) is 18.2 Å². The fourth-order valence-electron chi connectivity index (χ4n) is 2.08. The normalized spacial score (nSPS) is 17.7. The highest BCUT2D eigenvalue weighted by atomic mass is 31.2. The van der Waals surface area contributed by atoms with Crippen LogP contribution < -0.4 is 10.4 Å². The van der Waals surface area contributed by atoms with Gasteiger partial charge in [0.25, 0.3) is 7.52 Å². The fraction of sp³-hybridized carbons (Fsp3) is 0.429. The minimum atomic E-state index is -4.69. The van der Waals surface area contributed by atoms with Crippen LogP contribution in [0, 0.1) is 0 Å². The summed E-state index contributed by atoms with van der Waals surface area (Å²) in [6.07, 6.45) is -2.81. The first kappa shape index (κ1) is 17.1. The molecule has 0 radical (unpaired) electrons. The second-order valence-corrected chi connectivity index (χ2v) is 7.48. The minimum Gasteiger partial charge on any atom is -0.329 e. The number of alkyl halides is 3. The molecule has 1 saturated carbocycles. The maximum Gasteiger partial charge on any atom is 0.471 e. The summed E-state index contributed by atoms with van der Waals surface area (Å²) in [5.41, 5.74) is 0.326. The van der Waals surface area contributed by atoms with E-state index >= 15 is 0 Å². The van der Waals surface area contributed by atoms with Crippen molar-refractivity contribution >= 4 is 12.8 Å². The second-order valence-electron chi connectivity index (χ2n) is 5.34. The highest BCUT2D eigenvalue weighted by Gasteiger charge is 2.38. The summed E-state index contributed by atoms with van der Waals surface area (Å²) in [5, 5.41) is 6.76. The van der Waals surface area contributed by atoms with E-state index in [1.165, 1.54) is 24.3 Å². The van der Waals surface area contributed by atoms with E-state index in [0.717, 1.165) is 12.8 Å². The quantitative estimate of drug-likeness (QED) is 0.795. The van der Waals surface area contributed by atoms with Crippen LogP contribution in [0.4, 0.5) is 13.2 Å². The van der Waals surface area contributed by atoms with E-state index in [9.17, 15) is 17.7 Å². The Morgan fingerprint density at radius 3 is 2.50 bits per heavy atom. The van der Waals surface area contributed by atoms with Crippen molar-refractivity contribution in [3.8, 4) is 11.4 Å². The van der Waals surface area contributed by atoms with Crippen LogP contribution in [0.1, 0.15) is 25.7 Å². The topological polar surface area (TPSA) is 77.2 Å². The van der Waals surface area contributed by atoms with Crippen LogP contribution in [0.15, 0.2) is 28.8 Å². The molecule has 130 valence electrons. The smallest absolute Gasteiger partial charge is 0.329 e. The molecular weight excluding hydrogens is 346 g/mol. The first-order valence-corrected chi connectivity index (χ1v) is 8.98. The van der Waals surface area contributed by atoms with Gasteiger partial charge < -0.3 is 9.05 Å². The Morgan fingerprint density at radius 1 is 1.33 bits per heavy atom. The van der Waals surface area contributed by atoms with Crippen LogP contribution >= 0.6 is 7.52 Å². The molecule has 10 heteroatoms. The zero-order chi connectivity index (χ0) is 17.4. The average Bonchev–Trinajstić information content (AvgIpc) is 3.17. The van der Waals surface area contributed by atoms with Gasteiger partial charge in [0.15, 0.2) is 0 Å². The lowest BCUT2D eigenvalue weighted by Gasteiger charge is -2.19. The lowest BCUT2D eigenvalue weighted by molar-refractivity contribution is -0.159. The molecule has 1 N–H and O–H groups in total. The molecule has 3 rings (SSSR count). The van der Waals surface area contributed by atoms with Crippen molar-refractivity contribution in [2.45, 2.75) is 32.0 Å². The summed E-state index contributed by atoms with van der Waals surface area (Å²) in [6, 6.07) is 6.21. The van der Waals surface area contributed by atoms with Crippen LogP contribution in [0.2, 0.25) is 0 Å². The van der Waals surface area contributed by atoms with Gasteiger partial charge in [0.2, 0.25) is 5.82 Å². The second kappa shape index (κ2) is 6.31. The van der Waals surface area contributed by atoms with Crippen molar-refractivity contribution in [2.75, 3.05) is 6.61 Å². The average molecular weight is 361 g/mol. The predicted molar refractivity (Wildman–Crippen MR) is 79.8 cm³/mol. The third-order valence-corrected chi connectivity index (χ3v) is 5.68. The number of nitrogens with one attached hydrogen (secondary N) is 1. The molecule has 0 amide bonds. The van der Waals surface area contributed by atoms with Gasteiger partial charge in [-0.1, -0.05) is 17.3 Å². The van der Waals surface area contributed by atoms with Crippen molar-refractivity contribution in [2.24, 2.45) is 0 Å². The number of rotatable bonds is 6. The summed E-state index contributed by atoms with van der Waals surface area (Å²) in [6.45, 7) is 2.02. The molecule has 1 aromatic carbocycles. The van der Waals surface area contributed by atoms with Crippen molar-refractivity contribution in [3.63, 3.8) is 0 Å². The van der Waals surface area contributed by atoms with E-state index in [1.807, 2.05) is 0 Å². The molecule has 1 aromatic heterocycles. The van der Waals surface area contributed by atoms with Gasteiger partial charge in [-0.05, 0) is 31.9 Å². The first-order valence-electron chi connectivity index (χ1n) is 7.36. The molecule has 1 aliphatic carbocycles. The van der Waals surface area contributed by atoms with E-state index < -0.39 is 19.6 Å². The van der Waals surface area contributed by atoms with Crippen LogP contribution in [-0.2, 0) is 15.3 Å². The SMILES string of the molecule is CCOP(=O)(NC1CC1)c1ccc(-c2noc(C(F)(F)F)n2)cc1. The van der Waals surface area contributed by atoms with Gasteiger partial charge in [-0.3, -0.25) is 4.57 Å². The molecule has 24 heavy (non-hydrogen) atoms. The summed E-state index contributed by atoms with van der Waals surface area (Å²) in [7, 11) is -3.19. The third-order valence-electron chi connectivity index (χ3n) is 3.37. The molecule has 0 bridgehead atoms. The molecule has 1 fully saturated rings. The van der Waals surface area contributed by atoms with Crippen LogP contribution in [0.3, 0.4) is 0 Å². The van der Waals surface area contributed by atoms with Crippen molar-refractivity contribution < 1.29 is 26.8 Å². The number of hydrogen-bond donors (Lipinski definition) is 1. The summed E-state index contributed by atoms with van der Waals surface area (Å²) in [5.74, 6) is -1.59. The minimum absolute atomic E-state index is 0.175. The Kier molecular flexibility index (Phi) is 4.50. The van der Waals surface area contributed by atoms with Crippen LogP contribution in [0.5, 0.6) is 0 Å². The molecule has 0 saturated heterocycles. The first-order chi connectivity index (χ1) is 11.3. The maximum absolute atomic E-state index is 12.9. The van der Waals surface area contributed by atoms with E-state index in [4.69, 9.17) is 4.52 Å². The molecule has 1 heterocycles. The molecule has 0 spiro atoms. The molecule has 1 unspecified atom stereocenters. The van der Waals surface area contributed by atoms with Gasteiger partial charge in [-0.15, -0.1) is 0 Å². The molecule has 0 aliphatic heterocycles. The Hall–Kier alpha value is -1.70. The summed E-state index contributed by atoms with van der Waals surface area (Å²) < 4.78 is 60.0. The number of hydrogen-bond acceptors (Lipinski definition) is 5. The van der Waals surface area contributed by atoms with E-state index in [-0.39, 0.29) is 18.5 Å². The Bertz CT molecular complexity index is 757. The van der Waals surface area contributed by atoms with E-state index in [2.05, 4.69) is 19.8 Å². The predicted octanol–water partition coefficient (Wildman–Crippen LogP) is 3.36. The molecule has 1 aliphatic rings. The zero-order valence-corrected chi connectivity index (χ0v) is 13.6. The monoisotopic (exact) mass is 361 g/mol. The highest BCUT2D eigenvalue weighted by molar-refractivity contribution is 7.65. The van der Waals surface area contributed by atoms with Crippen molar-refractivity contribution in [1.82, 2.24) is 15.2 Å². The van der Waals surface area contributed by atoms with Gasteiger partial charge >= 0.3 is 12.1 Å². The Balaban J connectivity index is 1.84. The largest absolute Gasteiger partial charge is 0.471 e. The lowest BCUT2D eigenvalue weighted by Crippen LogP contribution is -2.23. The Morgan fingerprint density at radius 2 is 2.00 bits per heavy atom.